The summed E-state index contributed by atoms with van der Waals surface area (Å²) in [4.78, 5) is 0. The normalized spacial score (nSPS) is 12.3. The number of benzene rings is 2. The molecule has 0 amide bonds. The quantitative estimate of drug-likeness (QED) is 0.894. The lowest BCUT2D eigenvalue weighted by Gasteiger charge is -2.20. The van der Waals surface area contributed by atoms with Gasteiger partial charge in [-0.2, -0.15) is 0 Å². The van der Waals surface area contributed by atoms with Crippen LogP contribution in [0.1, 0.15) is 28.3 Å². The lowest BCUT2D eigenvalue weighted by Crippen LogP contribution is -2.15. The maximum atomic E-state index is 6.39. The van der Waals surface area contributed by atoms with Gasteiger partial charge in [0.25, 0.3) is 0 Å². The Bertz CT molecular complexity index is 641. The third-order valence-corrected chi connectivity index (χ3v) is 3.88. The zero-order chi connectivity index (χ0) is 14.9. The number of rotatable bonds is 3. The van der Waals surface area contributed by atoms with Crippen LogP contribution in [0.15, 0.2) is 30.3 Å². The average Bonchev–Trinajstić information content (AvgIpc) is 2.37. The molecule has 2 N–H and O–H groups in total. The van der Waals surface area contributed by atoms with Crippen molar-refractivity contribution in [3.63, 3.8) is 0 Å². The van der Waals surface area contributed by atoms with Crippen molar-refractivity contribution in [1.29, 1.82) is 0 Å². The molecule has 20 heavy (non-hydrogen) atoms. The van der Waals surface area contributed by atoms with Crippen LogP contribution in [0.4, 0.5) is 0 Å². The van der Waals surface area contributed by atoms with E-state index < -0.39 is 0 Å². The van der Waals surface area contributed by atoms with Crippen LogP contribution in [0.5, 0.6) is 5.75 Å². The van der Waals surface area contributed by atoms with E-state index in [4.69, 9.17) is 33.7 Å². The standard InChI is InChI=1S/C16H17Cl2NO/c1-9-6-10(2)15(14(7-9)20-3)16(19)12-5-4-11(17)8-13(12)18/h4-8,16H,19H2,1-3H3. The second-order valence-electron chi connectivity index (χ2n) is 4.84. The molecule has 2 nitrogen and oxygen atoms in total. The number of nitrogens with two attached hydrogens (primary N) is 1. The van der Waals surface area contributed by atoms with Crippen LogP contribution in [0.25, 0.3) is 0 Å². The van der Waals surface area contributed by atoms with E-state index in [-0.39, 0.29) is 6.04 Å². The molecule has 2 aromatic carbocycles. The Kier molecular flexibility index (Phi) is 4.59. The molecular weight excluding hydrogens is 293 g/mol. The zero-order valence-corrected chi connectivity index (χ0v) is 13.2. The molecule has 0 aromatic heterocycles. The van der Waals surface area contributed by atoms with Crippen LogP contribution >= 0.6 is 23.2 Å². The summed E-state index contributed by atoms with van der Waals surface area (Å²) in [6.45, 7) is 4.05. The number of aryl methyl sites for hydroxylation is 2. The molecule has 2 rings (SSSR count). The van der Waals surface area contributed by atoms with Gasteiger partial charge in [0, 0.05) is 15.6 Å². The van der Waals surface area contributed by atoms with Gasteiger partial charge in [-0.05, 0) is 48.7 Å². The van der Waals surface area contributed by atoms with Crippen molar-refractivity contribution in [3.05, 3.63) is 62.6 Å². The molecule has 0 aliphatic carbocycles. The van der Waals surface area contributed by atoms with Crippen molar-refractivity contribution >= 4 is 23.2 Å². The number of hydrogen-bond acceptors (Lipinski definition) is 2. The highest BCUT2D eigenvalue weighted by Crippen LogP contribution is 2.35. The molecule has 0 aliphatic rings. The van der Waals surface area contributed by atoms with Crippen molar-refractivity contribution in [1.82, 2.24) is 0 Å². The van der Waals surface area contributed by atoms with Gasteiger partial charge in [0.05, 0.1) is 13.2 Å². The van der Waals surface area contributed by atoms with Gasteiger partial charge in [0.1, 0.15) is 5.75 Å². The lowest BCUT2D eigenvalue weighted by molar-refractivity contribution is 0.407. The second kappa shape index (κ2) is 6.04. The van der Waals surface area contributed by atoms with Crippen molar-refractivity contribution < 1.29 is 4.74 Å². The largest absolute Gasteiger partial charge is 0.496 e. The fourth-order valence-electron chi connectivity index (χ4n) is 2.42. The van der Waals surface area contributed by atoms with Gasteiger partial charge in [-0.1, -0.05) is 35.3 Å². The fourth-order valence-corrected chi connectivity index (χ4v) is 2.94. The third-order valence-electron chi connectivity index (χ3n) is 3.32. The summed E-state index contributed by atoms with van der Waals surface area (Å²) in [6, 6.07) is 9.06. The van der Waals surface area contributed by atoms with Crippen molar-refractivity contribution in [2.45, 2.75) is 19.9 Å². The van der Waals surface area contributed by atoms with Gasteiger partial charge in [-0.15, -0.1) is 0 Å². The SMILES string of the molecule is COc1cc(C)cc(C)c1C(N)c1ccc(Cl)cc1Cl. The summed E-state index contributed by atoms with van der Waals surface area (Å²) in [5.74, 6) is 0.779. The second-order valence-corrected chi connectivity index (χ2v) is 5.68. The zero-order valence-electron chi connectivity index (χ0n) is 11.7. The first-order valence-electron chi connectivity index (χ1n) is 6.29. The van der Waals surface area contributed by atoms with E-state index in [9.17, 15) is 0 Å². The summed E-state index contributed by atoms with van der Waals surface area (Å²) in [5, 5.41) is 1.16. The molecule has 1 atom stereocenters. The van der Waals surface area contributed by atoms with Crippen LogP contribution in [-0.2, 0) is 0 Å². The summed E-state index contributed by atoms with van der Waals surface area (Å²) in [5.41, 5.74) is 10.4. The molecule has 0 bridgehead atoms. The van der Waals surface area contributed by atoms with Gasteiger partial charge in [-0.3, -0.25) is 0 Å². The highest BCUT2D eigenvalue weighted by Gasteiger charge is 2.19. The Labute approximate surface area is 129 Å². The molecule has 0 fully saturated rings. The summed E-state index contributed by atoms with van der Waals surface area (Å²) < 4.78 is 5.46. The topological polar surface area (TPSA) is 35.2 Å². The first-order valence-corrected chi connectivity index (χ1v) is 7.05. The van der Waals surface area contributed by atoms with Crippen LogP contribution < -0.4 is 10.5 Å². The Balaban J connectivity index is 2.55. The molecule has 2 aromatic rings. The average molecular weight is 310 g/mol. The Morgan fingerprint density at radius 2 is 1.80 bits per heavy atom. The van der Waals surface area contributed by atoms with Crippen molar-refractivity contribution in [2.75, 3.05) is 7.11 Å². The first kappa shape index (κ1) is 15.2. The molecule has 0 heterocycles. The number of ether oxygens (including phenoxy) is 1. The van der Waals surface area contributed by atoms with Crippen LogP contribution in [0.2, 0.25) is 10.0 Å². The van der Waals surface area contributed by atoms with Crippen molar-refractivity contribution in [3.8, 4) is 5.75 Å². The molecule has 0 radical (unpaired) electrons. The molecular formula is C16H17Cl2NO. The predicted molar refractivity (Wildman–Crippen MR) is 85.0 cm³/mol. The Morgan fingerprint density at radius 3 is 2.40 bits per heavy atom. The Morgan fingerprint density at radius 1 is 1.10 bits per heavy atom. The van der Waals surface area contributed by atoms with Gasteiger partial charge in [-0.25, -0.2) is 0 Å². The minimum absolute atomic E-state index is 0.352. The van der Waals surface area contributed by atoms with E-state index >= 15 is 0 Å². The van der Waals surface area contributed by atoms with E-state index in [1.807, 2.05) is 26.0 Å². The molecule has 0 spiro atoms. The smallest absolute Gasteiger partial charge is 0.124 e. The molecule has 1 unspecified atom stereocenters. The third kappa shape index (κ3) is 2.93. The highest BCUT2D eigenvalue weighted by atomic mass is 35.5. The summed E-state index contributed by atoms with van der Waals surface area (Å²) >= 11 is 12.2. The van der Waals surface area contributed by atoms with Crippen LogP contribution in [0.3, 0.4) is 0 Å². The Hall–Kier alpha value is -1.22. The highest BCUT2D eigenvalue weighted by molar-refractivity contribution is 6.35. The summed E-state index contributed by atoms with van der Waals surface area (Å²) in [6.07, 6.45) is 0. The number of hydrogen-bond donors (Lipinski definition) is 1. The van der Waals surface area contributed by atoms with Gasteiger partial charge >= 0.3 is 0 Å². The molecule has 106 valence electrons. The summed E-state index contributed by atoms with van der Waals surface area (Å²) in [7, 11) is 1.65. The van der Waals surface area contributed by atoms with E-state index in [1.165, 1.54) is 0 Å². The first-order chi connectivity index (χ1) is 9.43. The molecule has 0 aliphatic heterocycles. The minimum atomic E-state index is -0.352. The molecule has 4 heteroatoms. The molecule has 0 saturated heterocycles. The predicted octanol–water partition coefficient (Wildman–Crippen LogP) is 4.67. The van der Waals surface area contributed by atoms with Crippen LogP contribution in [-0.4, -0.2) is 7.11 Å². The number of halogens is 2. The van der Waals surface area contributed by atoms with E-state index in [0.29, 0.717) is 10.0 Å². The monoisotopic (exact) mass is 309 g/mol. The van der Waals surface area contributed by atoms with E-state index in [1.54, 1.807) is 19.2 Å². The van der Waals surface area contributed by atoms with Crippen LogP contribution in [0, 0.1) is 13.8 Å². The van der Waals surface area contributed by atoms with Gasteiger partial charge in [0.15, 0.2) is 0 Å². The minimum Gasteiger partial charge on any atom is -0.496 e. The fraction of sp³-hybridized carbons (Fsp3) is 0.250. The molecule has 0 saturated carbocycles. The van der Waals surface area contributed by atoms with Gasteiger partial charge in [0.2, 0.25) is 0 Å². The maximum Gasteiger partial charge on any atom is 0.124 e. The number of methoxy groups -OCH3 is 1. The van der Waals surface area contributed by atoms with E-state index in [2.05, 4.69) is 6.07 Å². The van der Waals surface area contributed by atoms with E-state index in [0.717, 1.165) is 28.0 Å². The lowest BCUT2D eigenvalue weighted by atomic mass is 9.93. The van der Waals surface area contributed by atoms with Gasteiger partial charge < -0.3 is 10.5 Å². The van der Waals surface area contributed by atoms with Crippen molar-refractivity contribution in [2.24, 2.45) is 5.73 Å². The maximum absolute atomic E-state index is 6.39.